The van der Waals surface area contributed by atoms with E-state index in [4.69, 9.17) is 0 Å². The SMILES string of the molecule is Cc1cc(F)ccc1N1C(=O)CN(S(=O)(=O)c2ccccc2)CC1(C)C(=O)NC1CCCCC1. The summed E-state index contributed by atoms with van der Waals surface area (Å²) in [5.41, 5.74) is -0.633. The summed E-state index contributed by atoms with van der Waals surface area (Å²) < 4.78 is 41.6. The quantitative estimate of drug-likeness (QED) is 0.701. The van der Waals surface area contributed by atoms with E-state index in [1.54, 1.807) is 32.0 Å². The molecule has 0 radical (unpaired) electrons. The van der Waals surface area contributed by atoms with Crippen molar-refractivity contribution in [2.75, 3.05) is 18.0 Å². The molecule has 1 atom stereocenters. The van der Waals surface area contributed by atoms with Crippen molar-refractivity contribution in [3.05, 3.63) is 59.9 Å². The topological polar surface area (TPSA) is 86.8 Å². The molecule has 1 saturated heterocycles. The maximum Gasteiger partial charge on any atom is 0.247 e. The number of hydrogen-bond acceptors (Lipinski definition) is 4. The van der Waals surface area contributed by atoms with Gasteiger partial charge in [-0.25, -0.2) is 12.8 Å². The van der Waals surface area contributed by atoms with Gasteiger partial charge in [0, 0.05) is 18.3 Å². The average Bonchev–Trinajstić information content (AvgIpc) is 2.81. The van der Waals surface area contributed by atoms with Crippen LogP contribution in [0.25, 0.3) is 0 Å². The molecular formula is C25H30FN3O4S. The number of carbonyl (C=O) groups is 2. The van der Waals surface area contributed by atoms with Gasteiger partial charge in [0.1, 0.15) is 11.4 Å². The van der Waals surface area contributed by atoms with E-state index in [0.29, 0.717) is 11.3 Å². The molecule has 0 spiro atoms. The number of sulfonamides is 1. The fourth-order valence-electron chi connectivity index (χ4n) is 4.91. The third-order valence-electron chi connectivity index (χ3n) is 6.75. The number of benzene rings is 2. The second-order valence-electron chi connectivity index (χ2n) is 9.33. The highest BCUT2D eigenvalue weighted by Gasteiger charge is 2.51. The van der Waals surface area contributed by atoms with Crippen molar-refractivity contribution in [3.8, 4) is 0 Å². The van der Waals surface area contributed by atoms with Crippen molar-refractivity contribution in [2.45, 2.75) is 62.4 Å². The maximum atomic E-state index is 13.8. The lowest BCUT2D eigenvalue weighted by molar-refractivity contribution is -0.133. The van der Waals surface area contributed by atoms with Crippen LogP contribution in [0.5, 0.6) is 0 Å². The van der Waals surface area contributed by atoms with Crippen molar-refractivity contribution in [1.29, 1.82) is 0 Å². The maximum absolute atomic E-state index is 13.8. The van der Waals surface area contributed by atoms with Crippen LogP contribution in [0.2, 0.25) is 0 Å². The van der Waals surface area contributed by atoms with E-state index in [9.17, 15) is 22.4 Å². The Morgan fingerprint density at radius 2 is 1.76 bits per heavy atom. The van der Waals surface area contributed by atoms with Crippen molar-refractivity contribution < 1.29 is 22.4 Å². The second-order valence-corrected chi connectivity index (χ2v) is 11.3. The second kappa shape index (κ2) is 9.46. The van der Waals surface area contributed by atoms with E-state index in [0.717, 1.165) is 36.4 Å². The lowest BCUT2D eigenvalue weighted by Gasteiger charge is -2.47. The molecule has 9 heteroatoms. The van der Waals surface area contributed by atoms with E-state index >= 15 is 0 Å². The Kier molecular flexibility index (Phi) is 6.78. The Hall–Kier alpha value is -2.78. The molecule has 1 N–H and O–H groups in total. The molecule has 2 aliphatic rings. The zero-order chi connectivity index (χ0) is 24.5. The lowest BCUT2D eigenvalue weighted by Crippen LogP contribution is -2.71. The Bertz CT molecular complexity index is 1180. The average molecular weight is 488 g/mol. The van der Waals surface area contributed by atoms with Crippen LogP contribution in [0, 0.1) is 12.7 Å². The van der Waals surface area contributed by atoms with Gasteiger partial charge in [-0.2, -0.15) is 4.31 Å². The van der Waals surface area contributed by atoms with Crippen LogP contribution in [0.15, 0.2) is 53.4 Å². The molecule has 2 amide bonds. The molecule has 4 rings (SSSR count). The van der Waals surface area contributed by atoms with Crippen LogP contribution in [0.3, 0.4) is 0 Å². The minimum atomic E-state index is -4.01. The summed E-state index contributed by atoms with van der Waals surface area (Å²) in [5, 5.41) is 3.06. The zero-order valence-corrected chi connectivity index (χ0v) is 20.3. The monoisotopic (exact) mass is 487 g/mol. The molecule has 2 aromatic carbocycles. The van der Waals surface area contributed by atoms with Gasteiger partial charge < -0.3 is 5.32 Å². The summed E-state index contributed by atoms with van der Waals surface area (Å²) in [7, 11) is -4.01. The van der Waals surface area contributed by atoms with Crippen LogP contribution < -0.4 is 10.2 Å². The molecule has 2 fully saturated rings. The molecule has 1 aliphatic carbocycles. The highest BCUT2D eigenvalue weighted by molar-refractivity contribution is 7.89. The minimum absolute atomic E-state index is 0.0227. The first-order valence-electron chi connectivity index (χ1n) is 11.6. The fraction of sp³-hybridized carbons (Fsp3) is 0.440. The number of aryl methyl sites for hydroxylation is 1. The van der Waals surface area contributed by atoms with Gasteiger partial charge in [0.15, 0.2) is 0 Å². The highest BCUT2D eigenvalue weighted by Crippen LogP contribution is 2.34. The Morgan fingerprint density at radius 3 is 2.41 bits per heavy atom. The number of carbonyl (C=O) groups excluding carboxylic acids is 2. The summed E-state index contributed by atoms with van der Waals surface area (Å²) in [5.74, 6) is -1.40. The third kappa shape index (κ3) is 4.59. The van der Waals surface area contributed by atoms with Crippen molar-refractivity contribution in [3.63, 3.8) is 0 Å². The van der Waals surface area contributed by atoms with Gasteiger partial charge in [0.25, 0.3) is 0 Å². The number of piperazine rings is 1. The highest BCUT2D eigenvalue weighted by atomic mass is 32.2. The third-order valence-corrected chi connectivity index (χ3v) is 8.55. The summed E-state index contributed by atoms with van der Waals surface area (Å²) in [4.78, 5) is 28.6. The van der Waals surface area contributed by atoms with Crippen LogP contribution in [-0.2, 0) is 19.6 Å². The van der Waals surface area contributed by atoms with E-state index < -0.39 is 39.7 Å². The number of nitrogens with one attached hydrogen (secondary N) is 1. The van der Waals surface area contributed by atoms with Crippen molar-refractivity contribution >= 4 is 27.5 Å². The molecule has 182 valence electrons. The van der Waals surface area contributed by atoms with Gasteiger partial charge in [-0.05, 0) is 62.6 Å². The van der Waals surface area contributed by atoms with Crippen LogP contribution in [0.1, 0.15) is 44.6 Å². The van der Waals surface area contributed by atoms with Crippen molar-refractivity contribution in [2.24, 2.45) is 0 Å². The first-order valence-corrected chi connectivity index (χ1v) is 13.0. The van der Waals surface area contributed by atoms with E-state index in [1.165, 1.54) is 35.2 Å². The molecule has 1 aliphatic heterocycles. The van der Waals surface area contributed by atoms with E-state index in [2.05, 4.69) is 5.32 Å². The van der Waals surface area contributed by atoms with Crippen LogP contribution in [0.4, 0.5) is 10.1 Å². The molecule has 1 saturated carbocycles. The number of anilines is 1. The smallest absolute Gasteiger partial charge is 0.247 e. The number of amides is 2. The molecule has 2 aromatic rings. The first kappa shape index (κ1) is 24.3. The minimum Gasteiger partial charge on any atom is -0.351 e. The van der Waals surface area contributed by atoms with Crippen molar-refractivity contribution in [1.82, 2.24) is 9.62 Å². The number of rotatable bonds is 5. The van der Waals surface area contributed by atoms with E-state index in [-0.39, 0.29) is 17.5 Å². The summed E-state index contributed by atoms with van der Waals surface area (Å²) in [6.07, 6.45) is 4.83. The zero-order valence-electron chi connectivity index (χ0n) is 19.5. The van der Waals surface area contributed by atoms with Crippen LogP contribution >= 0.6 is 0 Å². The molecule has 0 aromatic heterocycles. The first-order chi connectivity index (χ1) is 16.1. The number of halogens is 1. The Morgan fingerprint density at radius 1 is 1.09 bits per heavy atom. The molecule has 1 unspecified atom stereocenters. The molecular weight excluding hydrogens is 457 g/mol. The summed E-state index contributed by atoms with van der Waals surface area (Å²) >= 11 is 0. The van der Waals surface area contributed by atoms with Gasteiger partial charge in [-0.1, -0.05) is 37.5 Å². The number of nitrogens with zero attached hydrogens (tertiary/aromatic N) is 2. The molecule has 0 bridgehead atoms. The van der Waals surface area contributed by atoms with Gasteiger partial charge in [-0.3, -0.25) is 14.5 Å². The number of hydrogen-bond donors (Lipinski definition) is 1. The normalized spacial score (nSPS) is 22.6. The summed E-state index contributed by atoms with van der Waals surface area (Å²) in [6, 6.07) is 11.9. The Labute approximate surface area is 200 Å². The molecule has 7 nitrogen and oxygen atoms in total. The van der Waals surface area contributed by atoms with Gasteiger partial charge >= 0.3 is 0 Å². The van der Waals surface area contributed by atoms with Crippen LogP contribution in [-0.4, -0.2) is 49.2 Å². The summed E-state index contributed by atoms with van der Waals surface area (Å²) in [6.45, 7) is 2.61. The molecule has 1 heterocycles. The predicted molar refractivity (Wildman–Crippen MR) is 127 cm³/mol. The Balaban J connectivity index is 1.74. The molecule has 34 heavy (non-hydrogen) atoms. The van der Waals surface area contributed by atoms with Gasteiger partial charge in [0.05, 0.1) is 11.4 Å². The predicted octanol–water partition coefficient (Wildman–Crippen LogP) is 3.38. The van der Waals surface area contributed by atoms with E-state index in [1.807, 2.05) is 0 Å². The van der Waals surface area contributed by atoms with Gasteiger partial charge in [0.2, 0.25) is 21.8 Å². The largest absolute Gasteiger partial charge is 0.351 e. The van der Waals surface area contributed by atoms with Gasteiger partial charge in [-0.15, -0.1) is 0 Å². The fourth-order valence-corrected chi connectivity index (χ4v) is 6.41. The standard InChI is InChI=1S/C25H30FN3O4S/c1-18-15-19(26)13-14-22(18)29-23(30)16-28(34(32,33)21-11-7-4-8-12-21)17-25(29,2)24(31)27-20-9-5-3-6-10-20/h4,7-8,11-15,20H,3,5-6,9-10,16-17H2,1-2H3,(H,27,31). The lowest BCUT2D eigenvalue weighted by atomic mass is 9.91.